The molecule has 0 bridgehead atoms. The van der Waals surface area contributed by atoms with Crippen molar-refractivity contribution in [3.8, 4) is 45.6 Å². The van der Waals surface area contributed by atoms with E-state index in [4.69, 9.17) is 23.0 Å². The highest BCUT2D eigenvalue weighted by Gasteiger charge is 2.29. The SMILES string of the molecule is COc1cc(OC)c2c(c1)c(-c1c(OC)c3c(cc(O)c4c(O)cc(C)oc43)cc1=O)c(O)c1c(=O)cc(C)oc12. The lowest BCUT2D eigenvalue weighted by Crippen LogP contribution is -2.09. The van der Waals surface area contributed by atoms with Crippen molar-refractivity contribution in [2.24, 2.45) is 0 Å². The number of hydrogen-bond acceptors (Lipinski definition) is 10. The van der Waals surface area contributed by atoms with Crippen LogP contribution in [0.3, 0.4) is 0 Å². The molecule has 6 aromatic rings. The van der Waals surface area contributed by atoms with E-state index >= 15 is 0 Å². The molecular weight excluding hydrogens is 532 g/mol. The molecule has 208 valence electrons. The molecule has 0 spiro atoms. The molecule has 10 nitrogen and oxygen atoms in total. The standard InChI is InChI=1S/C31H24O10/c1-12-6-17(32)25-19(34)8-14-9-20(35)26(29(39-5)22(14)30(25)40-12)24-16-10-15(37-3)11-21(38-4)23(16)31-27(28(24)36)18(33)7-13(2)41-31/h6-11,32,34,36H,1-5H3. The van der Waals surface area contributed by atoms with Crippen molar-refractivity contribution in [2.45, 2.75) is 13.8 Å². The van der Waals surface area contributed by atoms with E-state index in [1.807, 2.05) is 0 Å². The van der Waals surface area contributed by atoms with Gasteiger partial charge in [0.05, 0.1) is 37.7 Å². The third-order valence-corrected chi connectivity index (χ3v) is 7.16. The second kappa shape index (κ2) is 9.09. The van der Waals surface area contributed by atoms with Crippen LogP contribution >= 0.6 is 0 Å². The number of benzene rings is 4. The lowest BCUT2D eigenvalue weighted by Gasteiger charge is -2.19. The van der Waals surface area contributed by atoms with Gasteiger partial charge in [0.2, 0.25) is 0 Å². The van der Waals surface area contributed by atoms with Crippen molar-refractivity contribution in [3.05, 3.63) is 68.4 Å². The summed E-state index contributed by atoms with van der Waals surface area (Å²) in [6.45, 7) is 3.23. The van der Waals surface area contributed by atoms with Crippen molar-refractivity contribution in [2.75, 3.05) is 21.3 Å². The summed E-state index contributed by atoms with van der Waals surface area (Å²) in [5.74, 6) is 0.206. The second-order valence-electron chi connectivity index (χ2n) is 9.62. The quantitative estimate of drug-likeness (QED) is 0.233. The monoisotopic (exact) mass is 556 g/mol. The molecule has 0 saturated heterocycles. The van der Waals surface area contributed by atoms with Gasteiger partial charge in [-0.1, -0.05) is 0 Å². The number of aromatic hydroxyl groups is 3. The number of phenolic OH excluding ortho intramolecular Hbond substituents is 2. The maximum atomic E-state index is 13.9. The first kappa shape index (κ1) is 25.9. The number of hydrogen-bond donors (Lipinski definition) is 3. The third kappa shape index (κ3) is 3.64. The van der Waals surface area contributed by atoms with E-state index in [0.717, 1.165) is 0 Å². The molecule has 0 radical (unpaired) electrons. The second-order valence-corrected chi connectivity index (χ2v) is 9.62. The van der Waals surface area contributed by atoms with Gasteiger partial charge in [-0.05, 0) is 37.4 Å². The molecule has 0 fully saturated rings. The first-order chi connectivity index (χ1) is 19.6. The highest BCUT2D eigenvalue weighted by atomic mass is 16.5. The summed E-state index contributed by atoms with van der Waals surface area (Å²) in [7, 11) is 4.23. The molecule has 6 rings (SSSR count). The molecular formula is C31H24O10. The van der Waals surface area contributed by atoms with E-state index in [1.54, 1.807) is 26.0 Å². The normalized spacial score (nSPS) is 11.5. The summed E-state index contributed by atoms with van der Waals surface area (Å²) in [4.78, 5) is 27.1. The zero-order chi connectivity index (χ0) is 29.3. The Bertz CT molecular complexity index is 2210. The van der Waals surface area contributed by atoms with Crippen LogP contribution in [-0.2, 0) is 0 Å². The van der Waals surface area contributed by atoms with E-state index < -0.39 is 16.6 Å². The van der Waals surface area contributed by atoms with Gasteiger partial charge < -0.3 is 38.4 Å². The minimum atomic E-state index is -0.584. The fraction of sp³-hybridized carbons (Fsp3) is 0.161. The molecule has 0 aliphatic rings. The Labute approximate surface area is 231 Å². The Hall–Kier alpha value is -5.38. The highest BCUT2D eigenvalue weighted by Crippen LogP contribution is 2.51. The lowest BCUT2D eigenvalue weighted by molar-refractivity contribution is 0.397. The average molecular weight is 557 g/mol. The van der Waals surface area contributed by atoms with Crippen LogP contribution in [-0.4, -0.2) is 36.6 Å². The Morgan fingerprint density at radius 3 is 1.95 bits per heavy atom. The summed E-state index contributed by atoms with van der Waals surface area (Å²) in [6, 6.07) is 8.35. The molecule has 0 amide bonds. The van der Waals surface area contributed by atoms with Gasteiger partial charge in [0.1, 0.15) is 56.8 Å². The van der Waals surface area contributed by atoms with E-state index in [1.165, 1.54) is 45.6 Å². The Morgan fingerprint density at radius 1 is 0.634 bits per heavy atom. The molecule has 0 atom stereocenters. The van der Waals surface area contributed by atoms with E-state index in [9.17, 15) is 24.9 Å². The fourth-order valence-electron chi connectivity index (χ4n) is 5.52. The van der Waals surface area contributed by atoms with Gasteiger partial charge in [0.25, 0.3) is 0 Å². The van der Waals surface area contributed by atoms with E-state index in [2.05, 4.69) is 0 Å². The summed E-state index contributed by atoms with van der Waals surface area (Å²) >= 11 is 0. The van der Waals surface area contributed by atoms with Crippen molar-refractivity contribution in [3.63, 3.8) is 0 Å². The maximum absolute atomic E-state index is 13.9. The largest absolute Gasteiger partial charge is 0.507 e. The average Bonchev–Trinajstić information content (AvgIpc) is 2.91. The van der Waals surface area contributed by atoms with Crippen LogP contribution in [0.4, 0.5) is 0 Å². The van der Waals surface area contributed by atoms with Crippen molar-refractivity contribution < 1.29 is 38.4 Å². The summed E-state index contributed by atoms with van der Waals surface area (Å²) in [5, 5.41) is 34.0. The van der Waals surface area contributed by atoms with Crippen LogP contribution in [0.2, 0.25) is 0 Å². The van der Waals surface area contributed by atoms with E-state index in [-0.39, 0.29) is 72.2 Å². The minimum absolute atomic E-state index is 0.0121. The maximum Gasteiger partial charge on any atom is 0.196 e. The lowest BCUT2D eigenvalue weighted by atomic mass is 9.90. The molecule has 3 N–H and O–H groups in total. The molecule has 0 aliphatic heterocycles. The third-order valence-electron chi connectivity index (χ3n) is 7.16. The molecule has 0 saturated carbocycles. The van der Waals surface area contributed by atoms with Gasteiger partial charge in [-0.2, -0.15) is 0 Å². The molecule has 2 heterocycles. The topological polar surface area (TPSA) is 149 Å². The van der Waals surface area contributed by atoms with Gasteiger partial charge >= 0.3 is 0 Å². The number of phenols is 2. The first-order valence-electron chi connectivity index (χ1n) is 12.4. The molecule has 41 heavy (non-hydrogen) atoms. The minimum Gasteiger partial charge on any atom is -0.507 e. The first-order valence-corrected chi connectivity index (χ1v) is 12.4. The van der Waals surface area contributed by atoms with Crippen molar-refractivity contribution >= 4 is 43.5 Å². The molecule has 0 aliphatic carbocycles. The number of rotatable bonds is 4. The number of methoxy groups -OCH3 is 3. The van der Waals surface area contributed by atoms with Crippen LogP contribution in [0.1, 0.15) is 11.5 Å². The van der Waals surface area contributed by atoms with Gasteiger partial charge in [-0.3, -0.25) is 9.59 Å². The van der Waals surface area contributed by atoms with Gasteiger partial charge in [0.15, 0.2) is 22.0 Å². The number of ether oxygens (including phenoxy) is 3. The summed E-state index contributed by atoms with van der Waals surface area (Å²) in [5.41, 5.74) is -1.10. The number of fused-ring (bicyclic) bond motifs is 6. The Kier molecular flexibility index (Phi) is 5.74. The summed E-state index contributed by atoms with van der Waals surface area (Å²) < 4.78 is 28.8. The predicted octanol–water partition coefficient (Wildman–Crippen LogP) is 5.63. The molecule has 10 heteroatoms. The fourth-order valence-corrected chi connectivity index (χ4v) is 5.52. The Morgan fingerprint density at radius 2 is 1.29 bits per heavy atom. The zero-order valence-electron chi connectivity index (χ0n) is 22.7. The Balaban J connectivity index is 1.94. The van der Waals surface area contributed by atoms with Crippen LogP contribution in [0.15, 0.2) is 54.8 Å². The molecule has 4 aromatic carbocycles. The smallest absolute Gasteiger partial charge is 0.196 e. The van der Waals surface area contributed by atoms with E-state index in [0.29, 0.717) is 22.7 Å². The van der Waals surface area contributed by atoms with Gasteiger partial charge in [-0.15, -0.1) is 0 Å². The number of aryl methyl sites for hydroxylation is 2. The van der Waals surface area contributed by atoms with Gasteiger partial charge in [0, 0.05) is 29.1 Å². The van der Waals surface area contributed by atoms with Crippen molar-refractivity contribution in [1.29, 1.82) is 0 Å². The van der Waals surface area contributed by atoms with Crippen LogP contribution < -0.4 is 25.1 Å². The molecule has 2 aromatic heterocycles. The highest BCUT2D eigenvalue weighted by molar-refractivity contribution is 6.20. The predicted molar refractivity (Wildman–Crippen MR) is 153 cm³/mol. The summed E-state index contributed by atoms with van der Waals surface area (Å²) in [6.07, 6.45) is 0. The van der Waals surface area contributed by atoms with Crippen LogP contribution in [0, 0.1) is 13.8 Å². The zero-order valence-corrected chi connectivity index (χ0v) is 22.7. The molecule has 0 unspecified atom stereocenters. The van der Waals surface area contributed by atoms with Crippen LogP contribution in [0.5, 0.6) is 34.5 Å². The van der Waals surface area contributed by atoms with Gasteiger partial charge in [-0.25, -0.2) is 0 Å². The van der Waals surface area contributed by atoms with Crippen LogP contribution in [0.25, 0.3) is 54.6 Å². The van der Waals surface area contributed by atoms with Crippen molar-refractivity contribution in [1.82, 2.24) is 0 Å².